The molecule has 1 heterocycles. The first-order valence-electron chi connectivity index (χ1n) is 5.93. The number of aromatic nitrogens is 3. The molecule has 0 amide bonds. The third-order valence-corrected chi connectivity index (χ3v) is 2.79. The van der Waals surface area contributed by atoms with E-state index in [1.54, 1.807) is 11.8 Å². The maximum absolute atomic E-state index is 6.07. The van der Waals surface area contributed by atoms with Gasteiger partial charge in [-0.1, -0.05) is 30.3 Å². The molecule has 5 heteroatoms. The van der Waals surface area contributed by atoms with E-state index in [9.17, 15) is 0 Å². The van der Waals surface area contributed by atoms with Crippen LogP contribution in [0.25, 0.3) is 11.4 Å². The predicted molar refractivity (Wildman–Crippen MR) is 69.9 cm³/mol. The summed E-state index contributed by atoms with van der Waals surface area (Å²) in [6.45, 7) is 0.620. The summed E-state index contributed by atoms with van der Waals surface area (Å²) >= 11 is 0. The van der Waals surface area contributed by atoms with Gasteiger partial charge in [0.2, 0.25) is 0 Å². The van der Waals surface area contributed by atoms with Crippen LogP contribution in [-0.4, -0.2) is 28.5 Å². The Morgan fingerprint density at radius 2 is 2.06 bits per heavy atom. The van der Waals surface area contributed by atoms with Gasteiger partial charge in [0, 0.05) is 26.3 Å². The predicted octanol–water partition coefficient (Wildman–Crippen LogP) is 1.52. The summed E-state index contributed by atoms with van der Waals surface area (Å²) in [6.07, 6.45) is 0.733. The second-order valence-electron chi connectivity index (χ2n) is 4.17. The minimum absolute atomic E-state index is 0.153. The highest BCUT2D eigenvalue weighted by Crippen LogP contribution is 2.18. The van der Waals surface area contributed by atoms with Gasteiger partial charge in [0.1, 0.15) is 5.82 Å². The smallest absolute Gasteiger partial charge is 0.181 e. The molecule has 0 saturated heterocycles. The molecule has 1 aromatic heterocycles. The van der Waals surface area contributed by atoms with Crippen LogP contribution in [0.1, 0.15) is 18.3 Å². The number of benzene rings is 1. The Hall–Kier alpha value is -1.72. The van der Waals surface area contributed by atoms with Crippen molar-refractivity contribution < 1.29 is 4.74 Å². The highest BCUT2D eigenvalue weighted by atomic mass is 16.5. The van der Waals surface area contributed by atoms with Crippen molar-refractivity contribution in [1.29, 1.82) is 0 Å². The lowest BCUT2D eigenvalue weighted by Crippen LogP contribution is -2.17. The highest BCUT2D eigenvalue weighted by Gasteiger charge is 2.15. The van der Waals surface area contributed by atoms with Crippen molar-refractivity contribution in [3.05, 3.63) is 36.2 Å². The Labute approximate surface area is 107 Å². The molecule has 0 aliphatic heterocycles. The van der Waals surface area contributed by atoms with Crippen molar-refractivity contribution in [3.8, 4) is 11.4 Å². The number of aryl methyl sites for hydroxylation is 1. The minimum Gasteiger partial charge on any atom is -0.385 e. The summed E-state index contributed by atoms with van der Waals surface area (Å²) in [5.41, 5.74) is 7.07. The number of nitrogens with two attached hydrogens (primary N) is 1. The first-order chi connectivity index (χ1) is 8.72. The molecule has 18 heavy (non-hydrogen) atoms. The van der Waals surface area contributed by atoms with Crippen molar-refractivity contribution in [2.75, 3.05) is 13.7 Å². The fourth-order valence-electron chi connectivity index (χ4n) is 1.80. The molecular weight excluding hydrogens is 228 g/mol. The maximum Gasteiger partial charge on any atom is 0.181 e. The van der Waals surface area contributed by atoms with Crippen LogP contribution >= 0.6 is 0 Å². The number of rotatable bonds is 5. The fraction of sp³-hybridized carbons (Fsp3) is 0.385. The summed E-state index contributed by atoms with van der Waals surface area (Å²) in [5, 5.41) is 4.39. The van der Waals surface area contributed by atoms with Crippen molar-refractivity contribution in [1.82, 2.24) is 14.8 Å². The first kappa shape index (κ1) is 12.7. The third-order valence-electron chi connectivity index (χ3n) is 2.79. The largest absolute Gasteiger partial charge is 0.385 e. The number of nitrogens with zero attached hydrogens (tertiary/aromatic N) is 3. The van der Waals surface area contributed by atoms with Gasteiger partial charge < -0.3 is 10.5 Å². The Balaban J connectivity index is 2.22. The van der Waals surface area contributed by atoms with Crippen LogP contribution in [0.15, 0.2) is 30.3 Å². The molecule has 1 atom stereocenters. The fourth-order valence-corrected chi connectivity index (χ4v) is 1.80. The van der Waals surface area contributed by atoms with Gasteiger partial charge >= 0.3 is 0 Å². The number of hydrogen-bond donors (Lipinski definition) is 1. The van der Waals surface area contributed by atoms with E-state index in [4.69, 9.17) is 10.5 Å². The van der Waals surface area contributed by atoms with E-state index >= 15 is 0 Å². The van der Waals surface area contributed by atoms with Gasteiger partial charge in [0.05, 0.1) is 6.04 Å². The molecular formula is C13H18N4O. The molecule has 1 unspecified atom stereocenters. The summed E-state index contributed by atoms with van der Waals surface area (Å²) < 4.78 is 6.77. The molecule has 2 aromatic rings. The van der Waals surface area contributed by atoms with Crippen LogP contribution < -0.4 is 5.73 Å². The van der Waals surface area contributed by atoms with Gasteiger partial charge in [-0.3, -0.25) is 4.68 Å². The van der Waals surface area contributed by atoms with Crippen LogP contribution in [0, 0.1) is 0 Å². The molecule has 0 fully saturated rings. The summed E-state index contributed by atoms with van der Waals surface area (Å²) in [4.78, 5) is 4.50. The average Bonchev–Trinajstić information content (AvgIpc) is 2.79. The zero-order valence-corrected chi connectivity index (χ0v) is 10.7. The normalized spacial score (nSPS) is 12.6. The van der Waals surface area contributed by atoms with Crippen LogP contribution in [-0.2, 0) is 11.8 Å². The van der Waals surface area contributed by atoms with E-state index in [0.717, 1.165) is 17.8 Å². The monoisotopic (exact) mass is 246 g/mol. The van der Waals surface area contributed by atoms with Gasteiger partial charge in [-0.2, -0.15) is 5.10 Å². The average molecular weight is 246 g/mol. The van der Waals surface area contributed by atoms with Gasteiger partial charge in [-0.15, -0.1) is 0 Å². The van der Waals surface area contributed by atoms with Crippen LogP contribution in [0.4, 0.5) is 0 Å². The van der Waals surface area contributed by atoms with Crippen LogP contribution in [0.2, 0.25) is 0 Å². The van der Waals surface area contributed by atoms with Crippen molar-refractivity contribution in [2.24, 2.45) is 12.8 Å². The third kappa shape index (κ3) is 2.75. The molecule has 2 rings (SSSR count). The summed E-state index contributed by atoms with van der Waals surface area (Å²) in [6, 6.07) is 9.73. The quantitative estimate of drug-likeness (QED) is 0.868. The van der Waals surface area contributed by atoms with Crippen molar-refractivity contribution >= 4 is 0 Å². The van der Waals surface area contributed by atoms with Gasteiger partial charge in [-0.25, -0.2) is 4.98 Å². The van der Waals surface area contributed by atoms with E-state index in [-0.39, 0.29) is 6.04 Å². The van der Waals surface area contributed by atoms with E-state index in [1.165, 1.54) is 0 Å². The Morgan fingerprint density at radius 3 is 2.72 bits per heavy atom. The van der Waals surface area contributed by atoms with Crippen molar-refractivity contribution in [3.63, 3.8) is 0 Å². The minimum atomic E-state index is -0.153. The topological polar surface area (TPSA) is 66.0 Å². The van der Waals surface area contributed by atoms with E-state index in [1.807, 2.05) is 37.4 Å². The van der Waals surface area contributed by atoms with Gasteiger partial charge in [0.25, 0.3) is 0 Å². The standard InChI is InChI=1S/C13H18N4O/c1-17-13(11(14)8-9-18-2)15-12(16-17)10-6-4-3-5-7-10/h3-7,11H,8-9,14H2,1-2H3. The van der Waals surface area contributed by atoms with Crippen molar-refractivity contribution in [2.45, 2.75) is 12.5 Å². The molecule has 0 bridgehead atoms. The molecule has 2 N–H and O–H groups in total. The maximum atomic E-state index is 6.07. The van der Waals surface area contributed by atoms with Crippen LogP contribution in [0.3, 0.4) is 0 Å². The first-order valence-corrected chi connectivity index (χ1v) is 5.93. The van der Waals surface area contributed by atoms with Gasteiger partial charge in [-0.05, 0) is 6.42 Å². The molecule has 1 aromatic carbocycles. The second kappa shape index (κ2) is 5.75. The highest BCUT2D eigenvalue weighted by molar-refractivity contribution is 5.54. The number of hydrogen-bond acceptors (Lipinski definition) is 4. The van der Waals surface area contributed by atoms with Gasteiger partial charge in [0.15, 0.2) is 5.82 Å². The van der Waals surface area contributed by atoms with E-state index < -0.39 is 0 Å². The van der Waals surface area contributed by atoms with E-state index in [0.29, 0.717) is 12.4 Å². The molecule has 0 saturated carbocycles. The molecule has 96 valence electrons. The van der Waals surface area contributed by atoms with Crippen LogP contribution in [0.5, 0.6) is 0 Å². The molecule has 0 aliphatic carbocycles. The molecule has 0 radical (unpaired) electrons. The Kier molecular flexibility index (Phi) is 4.07. The number of ether oxygens (including phenoxy) is 1. The second-order valence-corrected chi connectivity index (χ2v) is 4.17. The van der Waals surface area contributed by atoms with E-state index in [2.05, 4.69) is 10.1 Å². The Morgan fingerprint density at radius 1 is 1.33 bits per heavy atom. The lowest BCUT2D eigenvalue weighted by Gasteiger charge is -2.08. The lowest BCUT2D eigenvalue weighted by molar-refractivity contribution is 0.186. The summed E-state index contributed by atoms with van der Waals surface area (Å²) in [5.74, 6) is 1.49. The molecule has 0 aliphatic rings. The Bertz CT molecular complexity index is 495. The molecule has 5 nitrogen and oxygen atoms in total. The summed E-state index contributed by atoms with van der Waals surface area (Å²) in [7, 11) is 3.53. The lowest BCUT2D eigenvalue weighted by atomic mass is 10.2. The zero-order valence-electron chi connectivity index (χ0n) is 10.7. The zero-order chi connectivity index (χ0) is 13.0. The molecule has 0 spiro atoms. The number of methoxy groups -OCH3 is 1. The SMILES string of the molecule is COCCC(N)c1nc(-c2ccccc2)nn1C.